The van der Waals surface area contributed by atoms with E-state index in [1.165, 1.54) is 45.2 Å². The molecule has 2 aliphatic rings. The third-order valence-electron chi connectivity index (χ3n) is 3.56. The summed E-state index contributed by atoms with van der Waals surface area (Å²) in [6, 6.07) is 0.775. The number of ether oxygens (including phenoxy) is 1. The molecule has 0 aromatic rings. The second-order valence-corrected chi connectivity index (χ2v) is 4.98. The smallest absolute Gasteiger partial charge is 0.0702 e. The minimum atomic E-state index is 0.506. The second kappa shape index (κ2) is 5.83. The predicted molar refractivity (Wildman–Crippen MR) is 62.1 cm³/mol. The van der Waals surface area contributed by atoms with Crippen LogP contribution in [0.15, 0.2) is 0 Å². The number of hydrogen-bond acceptors (Lipinski definition) is 3. The van der Waals surface area contributed by atoms with E-state index in [4.69, 9.17) is 4.74 Å². The standard InChI is InChI=1S/C12H24N2O/c1-14(10-12-5-3-9-15-12)8-6-11-4-2-7-13-11/h11-13H,2-10H2,1H3. The van der Waals surface area contributed by atoms with Crippen LogP contribution in [-0.4, -0.2) is 50.3 Å². The van der Waals surface area contributed by atoms with Crippen molar-refractivity contribution in [3.63, 3.8) is 0 Å². The molecule has 3 heteroatoms. The number of nitrogens with one attached hydrogen (secondary N) is 1. The monoisotopic (exact) mass is 212 g/mol. The molecule has 2 heterocycles. The summed E-state index contributed by atoms with van der Waals surface area (Å²) < 4.78 is 5.64. The minimum Gasteiger partial charge on any atom is -0.377 e. The number of hydrogen-bond donors (Lipinski definition) is 1. The van der Waals surface area contributed by atoms with Gasteiger partial charge in [0.05, 0.1) is 6.10 Å². The summed E-state index contributed by atoms with van der Waals surface area (Å²) in [6.45, 7) is 4.52. The van der Waals surface area contributed by atoms with E-state index in [-0.39, 0.29) is 0 Å². The van der Waals surface area contributed by atoms with E-state index in [1.54, 1.807) is 0 Å². The van der Waals surface area contributed by atoms with Gasteiger partial charge in [0.2, 0.25) is 0 Å². The number of rotatable bonds is 5. The molecule has 0 aromatic heterocycles. The highest BCUT2D eigenvalue weighted by molar-refractivity contribution is 4.76. The molecule has 2 saturated heterocycles. The zero-order valence-electron chi connectivity index (χ0n) is 9.87. The van der Waals surface area contributed by atoms with Crippen LogP contribution in [0.4, 0.5) is 0 Å². The average Bonchev–Trinajstić information content (AvgIpc) is 2.86. The number of nitrogens with zero attached hydrogens (tertiary/aromatic N) is 1. The van der Waals surface area contributed by atoms with Gasteiger partial charge >= 0.3 is 0 Å². The Hall–Kier alpha value is -0.120. The minimum absolute atomic E-state index is 0.506. The molecular formula is C12H24N2O. The molecule has 2 aliphatic heterocycles. The largest absolute Gasteiger partial charge is 0.377 e. The van der Waals surface area contributed by atoms with Gasteiger partial charge in [0, 0.05) is 19.2 Å². The maximum absolute atomic E-state index is 5.64. The lowest BCUT2D eigenvalue weighted by Crippen LogP contribution is -2.33. The van der Waals surface area contributed by atoms with E-state index in [1.807, 2.05) is 0 Å². The quantitative estimate of drug-likeness (QED) is 0.742. The average molecular weight is 212 g/mol. The molecule has 0 aromatic carbocycles. The van der Waals surface area contributed by atoms with Gasteiger partial charge in [0.1, 0.15) is 0 Å². The zero-order valence-corrected chi connectivity index (χ0v) is 9.87. The molecule has 15 heavy (non-hydrogen) atoms. The molecule has 1 N–H and O–H groups in total. The lowest BCUT2D eigenvalue weighted by Gasteiger charge is -2.22. The van der Waals surface area contributed by atoms with Gasteiger partial charge in [-0.05, 0) is 52.2 Å². The van der Waals surface area contributed by atoms with Crippen LogP contribution in [0, 0.1) is 0 Å². The van der Waals surface area contributed by atoms with Crippen molar-refractivity contribution in [3.05, 3.63) is 0 Å². The molecule has 2 rings (SSSR count). The van der Waals surface area contributed by atoms with E-state index in [2.05, 4.69) is 17.3 Å². The van der Waals surface area contributed by atoms with Crippen molar-refractivity contribution in [2.75, 3.05) is 33.3 Å². The van der Waals surface area contributed by atoms with Gasteiger partial charge in [-0.1, -0.05) is 0 Å². The molecule has 2 fully saturated rings. The van der Waals surface area contributed by atoms with Crippen molar-refractivity contribution in [3.8, 4) is 0 Å². The van der Waals surface area contributed by atoms with Crippen LogP contribution in [0.5, 0.6) is 0 Å². The summed E-state index contributed by atoms with van der Waals surface area (Å²) in [6.07, 6.45) is 7.04. The Morgan fingerprint density at radius 3 is 2.93 bits per heavy atom. The summed E-state index contributed by atoms with van der Waals surface area (Å²) in [5.74, 6) is 0. The molecular weight excluding hydrogens is 188 g/mol. The Bertz CT molecular complexity index is 174. The Balaban J connectivity index is 1.57. The van der Waals surface area contributed by atoms with Crippen molar-refractivity contribution < 1.29 is 4.74 Å². The van der Waals surface area contributed by atoms with Crippen molar-refractivity contribution in [2.24, 2.45) is 0 Å². The molecule has 3 nitrogen and oxygen atoms in total. The molecule has 2 atom stereocenters. The first kappa shape index (κ1) is 11.4. The fraction of sp³-hybridized carbons (Fsp3) is 1.00. The van der Waals surface area contributed by atoms with Crippen molar-refractivity contribution in [1.29, 1.82) is 0 Å². The van der Waals surface area contributed by atoms with Gasteiger partial charge in [-0.15, -0.1) is 0 Å². The topological polar surface area (TPSA) is 24.5 Å². The lowest BCUT2D eigenvalue weighted by atomic mass is 10.1. The zero-order chi connectivity index (χ0) is 10.5. The highest BCUT2D eigenvalue weighted by atomic mass is 16.5. The first-order valence-electron chi connectivity index (χ1n) is 6.38. The SMILES string of the molecule is CN(CCC1CCCN1)CC1CCCO1. The maximum Gasteiger partial charge on any atom is 0.0702 e. The van der Waals surface area contributed by atoms with Gasteiger partial charge < -0.3 is 15.0 Å². The summed E-state index contributed by atoms with van der Waals surface area (Å²) in [5.41, 5.74) is 0. The van der Waals surface area contributed by atoms with E-state index in [0.717, 1.165) is 19.2 Å². The Morgan fingerprint density at radius 1 is 1.33 bits per heavy atom. The Kier molecular flexibility index (Phi) is 4.42. The van der Waals surface area contributed by atoms with Crippen molar-refractivity contribution in [2.45, 2.75) is 44.2 Å². The first-order chi connectivity index (χ1) is 7.34. The van der Waals surface area contributed by atoms with Gasteiger partial charge in [-0.25, -0.2) is 0 Å². The third-order valence-corrected chi connectivity index (χ3v) is 3.56. The Morgan fingerprint density at radius 2 is 2.27 bits per heavy atom. The van der Waals surface area contributed by atoms with Crippen LogP contribution in [0.25, 0.3) is 0 Å². The van der Waals surface area contributed by atoms with Crippen molar-refractivity contribution in [1.82, 2.24) is 10.2 Å². The molecule has 0 spiro atoms. The van der Waals surface area contributed by atoms with Crippen LogP contribution < -0.4 is 5.32 Å². The molecule has 0 amide bonds. The fourth-order valence-electron chi connectivity index (χ4n) is 2.61. The van der Waals surface area contributed by atoms with Crippen molar-refractivity contribution >= 4 is 0 Å². The van der Waals surface area contributed by atoms with Gasteiger partial charge in [0.15, 0.2) is 0 Å². The molecule has 0 radical (unpaired) electrons. The molecule has 88 valence electrons. The number of likely N-dealkylation sites (N-methyl/N-ethyl adjacent to an activating group) is 1. The fourth-order valence-corrected chi connectivity index (χ4v) is 2.61. The summed E-state index contributed by atoms with van der Waals surface area (Å²) in [4.78, 5) is 2.43. The molecule has 0 aliphatic carbocycles. The molecule has 0 saturated carbocycles. The summed E-state index contributed by atoms with van der Waals surface area (Å²) in [7, 11) is 2.22. The highest BCUT2D eigenvalue weighted by Crippen LogP contribution is 2.14. The van der Waals surface area contributed by atoms with Gasteiger partial charge in [-0.2, -0.15) is 0 Å². The maximum atomic E-state index is 5.64. The first-order valence-corrected chi connectivity index (χ1v) is 6.38. The van der Waals surface area contributed by atoms with Crippen LogP contribution >= 0.6 is 0 Å². The molecule has 0 bridgehead atoms. The third kappa shape index (κ3) is 3.74. The summed E-state index contributed by atoms with van der Waals surface area (Å²) >= 11 is 0. The predicted octanol–water partition coefficient (Wildman–Crippen LogP) is 1.24. The second-order valence-electron chi connectivity index (χ2n) is 4.98. The summed E-state index contributed by atoms with van der Waals surface area (Å²) in [5, 5.41) is 3.55. The van der Waals surface area contributed by atoms with E-state index in [9.17, 15) is 0 Å². The van der Waals surface area contributed by atoms with E-state index in [0.29, 0.717) is 6.10 Å². The van der Waals surface area contributed by atoms with Crippen LogP contribution in [0.2, 0.25) is 0 Å². The van der Waals surface area contributed by atoms with E-state index >= 15 is 0 Å². The van der Waals surface area contributed by atoms with Crippen LogP contribution in [0.3, 0.4) is 0 Å². The van der Waals surface area contributed by atoms with Gasteiger partial charge in [-0.3, -0.25) is 0 Å². The van der Waals surface area contributed by atoms with Gasteiger partial charge in [0.25, 0.3) is 0 Å². The normalized spacial score (nSPS) is 31.6. The van der Waals surface area contributed by atoms with Crippen LogP contribution in [-0.2, 0) is 4.74 Å². The lowest BCUT2D eigenvalue weighted by molar-refractivity contribution is 0.0802. The highest BCUT2D eigenvalue weighted by Gasteiger charge is 2.18. The Labute approximate surface area is 93.2 Å². The van der Waals surface area contributed by atoms with Crippen LogP contribution in [0.1, 0.15) is 32.1 Å². The van der Waals surface area contributed by atoms with E-state index < -0.39 is 0 Å². The molecule has 2 unspecified atom stereocenters.